The lowest BCUT2D eigenvalue weighted by Crippen LogP contribution is -2.10. The average Bonchev–Trinajstić information content (AvgIpc) is 3.22. The lowest BCUT2D eigenvalue weighted by atomic mass is 10.1. The highest BCUT2D eigenvalue weighted by atomic mass is 32.1. The van der Waals surface area contributed by atoms with Gasteiger partial charge in [0.2, 0.25) is 0 Å². The molecule has 24 heavy (non-hydrogen) atoms. The molecule has 0 aliphatic rings. The third kappa shape index (κ3) is 3.35. The van der Waals surface area contributed by atoms with Crippen molar-refractivity contribution in [1.29, 1.82) is 0 Å². The Balaban J connectivity index is 1.76. The van der Waals surface area contributed by atoms with Crippen molar-refractivity contribution in [3.8, 4) is 11.1 Å². The van der Waals surface area contributed by atoms with Gasteiger partial charge in [-0.2, -0.15) is 8.78 Å². The van der Waals surface area contributed by atoms with E-state index < -0.39 is 12.5 Å². The fourth-order valence-corrected chi connectivity index (χ4v) is 3.07. The van der Waals surface area contributed by atoms with Crippen LogP contribution in [0.3, 0.4) is 0 Å². The number of carbonyl (C=O) groups is 1. The molecular formula is C17H14F2N2O2S. The fourth-order valence-electron chi connectivity index (χ4n) is 2.26. The number of benzene rings is 1. The predicted molar refractivity (Wildman–Crippen MR) is 87.1 cm³/mol. The Kier molecular flexibility index (Phi) is 4.71. The van der Waals surface area contributed by atoms with Crippen LogP contribution in [0.5, 0.6) is 0 Å². The maximum Gasteiger partial charge on any atom is 0.349 e. The van der Waals surface area contributed by atoms with Gasteiger partial charge in [-0.1, -0.05) is 29.8 Å². The molecule has 124 valence electrons. The lowest BCUT2D eigenvalue weighted by Gasteiger charge is -2.08. The highest BCUT2D eigenvalue weighted by Crippen LogP contribution is 2.29. The second kappa shape index (κ2) is 6.92. The van der Waals surface area contributed by atoms with E-state index >= 15 is 0 Å². The Morgan fingerprint density at radius 1 is 1.29 bits per heavy atom. The number of hydrogen-bond acceptors (Lipinski definition) is 4. The quantitative estimate of drug-likeness (QED) is 0.629. The predicted octanol–water partition coefficient (Wildman–Crippen LogP) is 4.67. The van der Waals surface area contributed by atoms with Crippen molar-refractivity contribution in [3.05, 3.63) is 64.4 Å². The summed E-state index contributed by atoms with van der Waals surface area (Å²) in [5.41, 5.74) is 2.79. The summed E-state index contributed by atoms with van der Waals surface area (Å²) in [7, 11) is 0. The van der Waals surface area contributed by atoms with Crippen LogP contribution in [0.2, 0.25) is 0 Å². The summed E-state index contributed by atoms with van der Waals surface area (Å²) in [5.74, 6) is -0.545. The van der Waals surface area contributed by atoms with Gasteiger partial charge >= 0.3 is 12.5 Å². The minimum absolute atomic E-state index is 0.00629. The molecule has 0 spiro atoms. The first-order valence-electron chi connectivity index (χ1n) is 7.18. The van der Waals surface area contributed by atoms with Crippen LogP contribution in [-0.4, -0.2) is 15.5 Å². The zero-order chi connectivity index (χ0) is 17.1. The highest BCUT2D eigenvalue weighted by molar-refractivity contribution is 7.12. The largest absolute Gasteiger partial charge is 0.453 e. The molecule has 0 N–H and O–H groups in total. The van der Waals surface area contributed by atoms with Crippen molar-refractivity contribution < 1.29 is 18.3 Å². The summed E-state index contributed by atoms with van der Waals surface area (Å²) in [5, 5.41) is 1.80. The first-order valence-corrected chi connectivity index (χ1v) is 8.05. The topological polar surface area (TPSA) is 44.1 Å². The van der Waals surface area contributed by atoms with E-state index in [4.69, 9.17) is 4.74 Å². The lowest BCUT2D eigenvalue weighted by molar-refractivity contribution is 0.0381. The summed E-state index contributed by atoms with van der Waals surface area (Å²) >= 11 is 1.25. The number of alkyl halides is 2. The zero-order valence-electron chi connectivity index (χ0n) is 12.8. The number of ether oxygens (including phenoxy) is 1. The fraction of sp³-hybridized carbons (Fsp3) is 0.176. The van der Waals surface area contributed by atoms with E-state index in [-0.39, 0.29) is 12.4 Å². The summed E-state index contributed by atoms with van der Waals surface area (Å²) < 4.78 is 31.4. The number of aromatic nitrogens is 2. The Morgan fingerprint density at radius 3 is 2.75 bits per heavy atom. The number of esters is 1. The summed E-state index contributed by atoms with van der Waals surface area (Å²) in [4.78, 5) is 16.5. The minimum Gasteiger partial charge on any atom is -0.453 e. The van der Waals surface area contributed by atoms with Gasteiger partial charge in [0.1, 0.15) is 11.5 Å². The van der Waals surface area contributed by atoms with Crippen LogP contribution in [0.4, 0.5) is 8.78 Å². The zero-order valence-corrected chi connectivity index (χ0v) is 13.6. The monoisotopic (exact) mass is 348 g/mol. The number of aryl methyl sites for hydroxylation is 1. The minimum atomic E-state index is -2.72. The van der Waals surface area contributed by atoms with Gasteiger partial charge in [-0.25, -0.2) is 9.78 Å². The highest BCUT2D eigenvalue weighted by Gasteiger charge is 2.18. The molecule has 4 nitrogen and oxygen atoms in total. The van der Waals surface area contributed by atoms with Crippen molar-refractivity contribution in [1.82, 2.24) is 9.55 Å². The smallest absolute Gasteiger partial charge is 0.349 e. The van der Waals surface area contributed by atoms with Crippen LogP contribution < -0.4 is 0 Å². The van der Waals surface area contributed by atoms with Crippen LogP contribution >= 0.6 is 11.3 Å². The third-order valence-electron chi connectivity index (χ3n) is 3.50. The number of halogens is 2. The Labute approximate surface area is 141 Å². The molecule has 0 radical (unpaired) electrons. The number of carbonyl (C=O) groups excluding carboxylic acids is 1. The van der Waals surface area contributed by atoms with Crippen molar-refractivity contribution in [3.63, 3.8) is 0 Å². The molecule has 0 aliphatic carbocycles. The van der Waals surface area contributed by atoms with Crippen LogP contribution in [0.1, 0.15) is 27.6 Å². The van der Waals surface area contributed by atoms with E-state index in [0.717, 1.165) is 22.9 Å². The second-order valence-corrected chi connectivity index (χ2v) is 6.05. The van der Waals surface area contributed by atoms with Gasteiger partial charge in [0.25, 0.3) is 0 Å². The molecule has 2 aromatic heterocycles. The first kappa shape index (κ1) is 16.3. The number of hydrogen-bond donors (Lipinski definition) is 0. The summed E-state index contributed by atoms with van der Waals surface area (Å²) in [6, 6.07) is 9.62. The normalized spacial score (nSPS) is 11.0. The van der Waals surface area contributed by atoms with Gasteiger partial charge < -0.3 is 4.74 Å². The van der Waals surface area contributed by atoms with Crippen molar-refractivity contribution in [2.24, 2.45) is 0 Å². The molecule has 1 aromatic carbocycles. The molecule has 0 saturated heterocycles. The van der Waals surface area contributed by atoms with Crippen LogP contribution in [0.25, 0.3) is 11.1 Å². The second-order valence-electron chi connectivity index (χ2n) is 5.13. The van der Waals surface area contributed by atoms with Crippen LogP contribution in [0.15, 0.2) is 48.1 Å². The summed E-state index contributed by atoms with van der Waals surface area (Å²) in [6.07, 6.45) is 2.40. The van der Waals surface area contributed by atoms with E-state index in [0.29, 0.717) is 9.44 Å². The van der Waals surface area contributed by atoms with E-state index in [2.05, 4.69) is 4.98 Å². The maximum absolute atomic E-state index is 12.8. The molecule has 0 atom stereocenters. The van der Waals surface area contributed by atoms with Gasteiger partial charge in [-0.3, -0.25) is 4.57 Å². The van der Waals surface area contributed by atoms with E-state index in [1.807, 2.05) is 37.3 Å². The molecule has 7 heteroatoms. The standard InChI is InChI=1S/C17H14F2N2O2S/c1-11-2-4-12(5-3-11)13-6-9-24-15(13)16(22)23-10-14-20-7-8-21(14)17(18)19/h2-9,17H,10H2,1H3. The van der Waals surface area contributed by atoms with Crippen LogP contribution in [-0.2, 0) is 11.3 Å². The van der Waals surface area contributed by atoms with Gasteiger partial charge in [0.05, 0.1) is 0 Å². The van der Waals surface area contributed by atoms with Crippen LogP contribution in [0, 0.1) is 6.92 Å². The Hall–Kier alpha value is -2.54. The average molecular weight is 348 g/mol. The number of thiophene rings is 1. The first-order chi connectivity index (χ1) is 11.6. The van der Waals surface area contributed by atoms with Crippen molar-refractivity contribution in [2.45, 2.75) is 20.1 Å². The Bertz CT molecular complexity index is 840. The molecule has 0 bridgehead atoms. The molecule has 0 saturated carbocycles. The molecule has 3 aromatic rings. The molecule has 0 fully saturated rings. The molecule has 2 heterocycles. The van der Waals surface area contributed by atoms with E-state index in [1.54, 1.807) is 5.38 Å². The molecule has 3 rings (SSSR count). The van der Waals surface area contributed by atoms with Gasteiger partial charge in [0.15, 0.2) is 5.82 Å². The summed E-state index contributed by atoms with van der Waals surface area (Å²) in [6.45, 7) is -1.04. The van der Waals surface area contributed by atoms with E-state index in [1.165, 1.54) is 17.5 Å². The molecule has 0 amide bonds. The third-order valence-corrected chi connectivity index (χ3v) is 4.40. The number of rotatable bonds is 5. The SMILES string of the molecule is Cc1ccc(-c2ccsc2C(=O)OCc2nccn2C(F)F)cc1. The van der Waals surface area contributed by atoms with E-state index in [9.17, 15) is 13.6 Å². The number of nitrogens with zero attached hydrogens (tertiary/aromatic N) is 2. The van der Waals surface area contributed by atoms with Gasteiger partial charge in [0, 0.05) is 18.0 Å². The van der Waals surface area contributed by atoms with Gasteiger partial charge in [-0.05, 0) is 23.9 Å². The number of imidazole rings is 1. The molecule has 0 unspecified atom stereocenters. The van der Waals surface area contributed by atoms with Crippen molar-refractivity contribution in [2.75, 3.05) is 0 Å². The molecule has 0 aliphatic heterocycles. The maximum atomic E-state index is 12.8. The van der Waals surface area contributed by atoms with Gasteiger partial charge in [-0.15, -0.1) is 11.3 Å². The van der Waals surface area contributed by atoms with Crippen molar-refractivity contribution >= 4 is 17.3 Å². The Morgan fingerprint density at radius 2 is 2.04 bits per heavy atom. The molecular weight excluding hydrogens is 334 g/mol.